The molecule has 1 aromatic carbocycles. The van der Waals surface area contributed by atoms with Gasteiger partial charge in [0, 0.05) is 6.04 Å². The molecule has 0 unspecified atom stereocenters. The van der Waals surface area contributed by atoms with Crippen LogP contribution in [-0.2, 0) is 32.5 Å². The van der Waals surface area contributed by atoms with E-state index in [1.54, 1.807) is 12.1 Å². The number of sulfone groups is 2. The minimum absolute atomic E-state index is 0.0893. The summed E-state index contributed by atoms with van der Waals surface area (Å²) in [6.07, 6.45) is 7.17. The largest absolute Gasteiger partial charge is 0.312 e. The highest BCUT2D eigenvalue weighted by Crippen LogP contribution is 2.29. The average Bonchev–Trinajstić information content (AvgIpc) is 2.94. The maximum Gasteiger partial charge on any atom is 0.183 e. The Bertz CT molecular complexity index is 846. The molecule has 0 aromatic heterocycles. The second-order valence-corrected chi connectivity index (χ2v) is 11.9. The van der Waals surface area contributed by atoms with Crippen molar-refractivity contribution in [2.24, 2.45) is 0 Å². The van der Waals surface area contributed by atoms with Gasteiger partial charge in [0.25, 0.3) is 0 Å². The van der Waals surface area contributed by atoms with E-state index >= 15 is 0 Å². The van der Waals surface area contributed by atoms with E-state index in [4.69, 9.17) is 0 Å². The third-order valence-corrected chi connectivity index (χ3v) is 9.68. The van der Waals surface area contributed by atoms with Crippen LogP contribution >= 0.6 is 0 Å². The van der Waals surface area contributed by atoms with Gasteiger partial charge in [-0.3, -0.25) is 0 Å². The molecule has 26 heavy (non-hydrogen) atoms. The molecule has 2 aliphatic rings. The minimum atomic E-state index is -3.68. The molecule has 1 aliphatic heterocycles. The molecule has 0 spiro atoms. The van der Waals surface area contributed by atoms with Crippen molar-refractivity contribution in [3.8, 4) is 0 Å². The van der Waals surface area contributed by atoms with E-state index in [0.717, 1.165) is 50.5 Å². The number of rotatable bonds is 7. The Balaban J connectivity index is 1.83. The van der Waals surface area contributed by atoms with Crippen LogP contribution in [0.25, 0.3) is 0 Å². The Labute approximate surface area is 157 Å². The van der Waals surface area contributed by atoms with Crippen LogP contribution in [0.2, 0.25) is 0 Å². The molecule has 1 saturated heterocycles. The van der Waals surface area contributed by atoms with Gasteiger partial charge in [-0.25, -0.2) is 16.8 Å². The highest BCUT2D eigenvalue weighted by molar-refractivity contribution is 7.96. The fourth-order valence-corrected chi connectivity index (χ4v) is 8.80. The molecule has 1 N–H and O–H groups in total. The van der Waals surface area contributed by atoms with E-state index in [-0.39, 0.29) is 16.4 Å². The molecule has 5 nitrogen and oxygen atoms in total. The Kier molecular flexibility index (Phi) is 6.09. The van der Waals surface area contributed by atoms with E-state index in [0.29, 0.717) is 6.54 Å². The Morgan fingerprint density at radius 1 is 1.08 bits per heavy atom. The highest BCUT2D eigenvalue weighted by Gasteiger charge is 2.45. The molecule has 2 atom stereocenters. The second-order valence-electron chi connectivity index (χ2n) is 7.57. The molecule has 1 aliphatic carbocycles. The van der Waals surface area contributed by atoms with Gasteiger partial charge >= 0.3 is 0 Å². The monoisotopic (exact) mass is 399 g/mol. The van der Waals surface area contributed by atoms with Crippen molar-refractivity contribution < 1.29 is 16.8 Å². The highest BCUT2D eigenvalue weighted by atomic mass is 32.2. The number of unbranched alkanes of at least 4 members (excludes halogenated alkanes) is 2. The normalized spacial score (nSPS) is 25.1. The quantitative estimate of drug-likeness (QED) is 0.712. The van der Waals surface area contributed by atoms with Gasteiger partial charge in [0.2, 0.25) is 0 Å². The van der Waals surface area contributed by atoms with Crippen molar-refractivity contribution in [1.29, 1.82) is 0 Å². The molecule has 3 rings (SSSR count). The summed E-state index contributed by atoms with van der Waals surface area (Å²) in [7, 11) is -7.01. The van der Waals surface area contributed by atoms with E-state index in [1.807, 2.05) is 6.07 Å². The molecule has 7 heteroatoms. The lowest BCUT2D eigenvalue weighted by Gasteiger charge is -2.22. The zero-order valence-electron chi connectivity index (χ0n) is 15.4. The van der Waals surface area contributed by atoms with Gasteiger partial charge in [0.05, 0.1) is 21.7 Å². The summed E-state index contributed by atoms with van der Waals surface area (Å²) >= 11 is 0. The van der Waals surface area contributed by atoms with Gasteiger partial charge in [-0.2, -0.15) is 0 Å². The van der Waals surface area contributed by atoms with Crippen LogP contribution in [0.4, 0.5) is 0 Å². The number of benzene rings is 1. The van der Waals surface area contributed by atoms with E-state index < -0.39 is 31.0 Å². The lowest BCUT2D eigenvalue weighted by atomic mass is 9.92. The summed E-state index contributed by atoms with van der Waals surface area (Å²) in [5.74, 6) is -0.369. The van der Waals surface area contributed by atoms with Crippen molar-refractivity contribution in [3.05, 3.63) is 29.3 Å². The van der Waals surface area contributed by atoms with Crippen molar-refractivity contribution in [2.75, 3.05) is 18.1 Å². The van der Waals surface area contributed by atoms with Gasteiger partial charge in [-0.15, -0.1) is 0 Å². The SMILES string of the molecule is CCCCCN[C@H]1CS(=O)(=O)C[C@@H]1S(=O)(=O)c1ccc2c(c1)CCCC2. The molecular weight excluding hydrogens is 370 g/mol. The Morgan fingerprint density at radius 3 is 2.54 bits per heavy atom. The summed E-state index contributed by atoms with van der Waals surface area (Å²) in [5, 5.41) is 2.31. The first-order valence-corrected chi connectivity index (χ1v) is 13.0. The molecule has 0 radical (unpaired) electrons. The van der Waals surface area contributed by atoms with Gasteiger partial charge in [0.15, 0.2) is 19.7 Å². The lowest BCUT2D eigenvalue weighted by molar-refractivity contribution is 0.513. The van der Waals surface area contributed by atoms with Gasteiger partial charge in [-0.1, -0.05) is 25.8 Å². The second kappa shape index (κ2) is 7.98. The number of hydrogen-bond donors (Lipinski definition) is 1. The summed E-state index contributed by atoms with van der Waals surface area (Å²) in [5.41, 5.74) is 2.33. The van der Waals surface area contributed by atoms with Crippen molar-refractivity contribution in [1.82, 2.24) is 5.32 Å². The maximum atomic E-state index is 13.2. The van der Waals surface area contributed by atoms with Crippen LogP contribution in [0.1, 0.15) is 50.2 Å². The van der Waals surface area contributed by atoms with Crippen LogP contribution in [0.15, 0.2) is 23.1 Å². The third-order valence-electron chi connectivity index (χ3n) is 5.53. The summed E-state index contributed by atoms with van der Waals surface area (Å²) in [4.78, 5) is 0.278. The first-order valence-electron chi connectivity index (χ1n) is 9.63. The number of aryl methyl sites for hydroxylation is 2. The first-order chi connectivity index (χ1) is 12.3. The Morgan fingerprint density at radius 2 is 1.81 bits per heavy atom. The number of hydrogen-bond acceptors (Lipinski definition) is 5. The van der Waals surface area contributed by atoms with E-state index in [1.165, 1.54) is 5.56 Å². The molecule has 0 bridgehead atoms. The van der Waals surface area contributed by atoms with Crippen LogP contribution in [-0.4, -0.2) is 46.2 Å². The topological polar surface area (TPSA) is 80.3 Å². The standard InChI is InChI=1S/C19H29NO4S2/c1-2-3-6-11-20-18-13-25(21,22)14-19(18)26(23,24)17-10-9-15-7-4-5-8-16(15)12-17/h9-10,12,18-20H,2-8,11,13-14H2,1H3/t18-,19-/m0/s1. The summed E-state index contributed by atoms with van der Waals surface area (Å²) < 4.78 is 50.7. The van der Waals surface area contributed by atoms with Crippen molar-refractivity contribution in [2.45, 2.75) is 68.1 Å². The molecule has 1 fully saturated rings. The van der Waals surface area contributed by atoms with E-state index in [9.17, 15) is 16.8 Å². The number of fused-ring (bicyclic) bond motifs is 1. The lowest BCUT2D eigenvalue weighted by Crippen LogP contribution is -2.43. The van der Waals surface area contributed by atoms with Crippen molar-refractivity contribution in [3.63, 3.8) is 0 Å². The Hall–Kier alpha value is -0.920. The number of nitrogens with one attached hydrogen (secondary N) is 1. The molecule has 0 saturated carbocycles. The molecular formula is C19H29NO4S2. The fraction of sp³-hybridized carbons (Fsp3) is 0.684. The van der Waals surface area contributed by atoms with Crippen molar-refractivity contribution >= 4 is 19.7 Å². The fourth-order valence-electron chi connectivity index (χ4n) is 4.04. The van der Waals surface area contributed by atoms with Gasteiger partial charge < -0.3 is 5.32 Å². The van der Waals surface area contributed by atoms with Crippen LogP contribution in [0.5, 0.6) is 0 Å². The predicted octanol–water partition coefficient (Wildman–Crippen LogP) is 2.28. The van der Waals surface area contributed by atoms with Gasteiger partial charge in [0.1, 0.15) is 0 Å². The molecule has 0 amide bonds. The zero-order chi connectivity index (χ0) is 18.8. The minimum Gasteiger partial charge on any atom is -0.312 e. The summed E-state index contributed by atoms with van der Waals surface area (Å²) in [6, 6.07) is 4.84. The maximum absolute atomic E-state index is 13.2. The first kappa shape index (κ1) is 19.8. The van der Waals surface area contributed by atoms with Crippen LogP contribution in [0.3, 0.4) is 0 Å². The third kappa shape index (κ3) is 4.31. The predicted molar refractivity (Wildman–Crippen MR) is 104 cm³/mol. The smallest absolute Gasteiger partial charge is 0.183 e. The van der Waals surface area contributed by atoms with E-state index in [2.05, 4.69) is 12.2 Å². The zero-order valence-corrected chi connectivity index (χ0v) is 17.0. The van der Waals surface area contributed by atoms with Crippen LogP contribution < -0.4 is 5.32 Å². The molecule has 146 valence electrons. The van der Waals surface area contributed by atoms with Crippen LogP contribution in [0, 0.1) is 0 Å². The molecule has 1 aromatic rings. The summed E-state index contributed by atoms with van der Waals surface area (Å²) in [6.45, 7) is 2.76. The molecule has 1 heterocycles. The average molecular weight is 400 g/mol. The van der Waals surface area contributed by atoms with Gasteiger partial charge in [-0.05, 0) is 61.9 Å².